The van der Waals surface area contributed by atoms with Crippen LogP contribution in [-0.4, -0.2) is 41.8 Å². The summed E-state index contributed by atoms with van der Waals surface area (Å²) in [6, 6.07) is 0.315. The molecule has 0 spiro atoms. The lowest BCUT2D eigenvalue weighted by atomic mass is 10.0. The van der Waals surface area contributed by atoms with E-state index >= 15 is 0 Å². The number of likely N-dealkylation sites (tertiary alicyclic amines) is 1. The third-order valence-corrected chi connectivity index (χ3v) is 3.23. The van der Waals surface area contributed by atoms with Crippen molar-refractivity contribution in [1.29, 1.82) is 0 Å². The molecule has 0 aromatic carbocycles. The molecule has 0 aromatic heterocycles. The number of hydrogen-bond acceptors (Lipinski definition) is 3. The first-order chi connectivity index (χ1) is 6.69. The minimum Gasteiger partial charge on any atom is -0.395 e. The second-order valence-electron chi connectivity index (χ2n) is 4.59. The zero-order valence-corrected chi connectivity index (χ0v) is 9.45. The lowest BCUT2D eigenvalue weighted by Crippen LogP contribution is -2.49. The Labute approximate surface area is 87.3 Å². The van der Waals surface area contributed by atoms with E-state index in [1.54, 1.807) is 0 Å². The highest BCUT2D eigenvalue weighted by atomic mass is 16.3. The zero-order valence-electron chi connectivity index (χ0n) is 9.45. The summed E-state index contributed by atoms with van der Waals surface area (Å²) < 4.78 is 0. The van der Waals surface area contributed by atoms with Gasteiger partial charge >= 0.3 is 0 Å². The maximum absolute atomic E-state index is 9.35. The molecular weight excluding hydrogens is 176 g/mol. The molecule has 3 nitrogen and oxygen atoms in total. The van der Waals surface area contributed by atoms with E-state index in [2.05, 4.69) is 18.7 Å². The van der Waals surface area contributed by atoms with Crippen LogP contribution in [0.3, 0.4) is 0 Å². The van der Waals surface area contributed by atoms with E-state index in [0.29, 0.717) is 0 Å². The van der Waals surface area contributed by atoms with Crippen LogP contribution in [0, 0.1) is 5.92 Å². The van der Waals surface area contributed by atoms with Gasteiger partial charge in [0.15, 0.2) is 0 Å². The van der Waals surface area contributed by atoms with Crippen LogP contribution in [0.1, 0.15) is 33.1 Å². The molecule has 3 heteroatoms. The van der Waals surface area contributed by atoms with Crippen molar-refractivity contribution in [2.45, 2.75) is 45.2 Å². The van der Waals surface area contributed by atoms with Crippen LogP contribution in [0.5, 0.6) is 0 Å². The average molecular weight is 200 g/mol. The molecule has 14 heavy (non-hydrogen) atoms. The lowest BCUT2D eigenvalue weighted by molar-refractivity contribution is 0.119. The van der Waals surface area contributed by atoms with Crippen molar-refractivity contribution in [3.63, 3.8) is 0 Å². The molecule has 84 valence electrons. The monoisotopic (exact) mass is 200 g/mol. The standard InChI is InChI=1S/C11H24N2O/c1-3-4-10(12)11(8-14)13-6-5-9(2)7-13/h9-11,14H,3-8,12H2,1-2H3. The number of aliphatic hydroxyl groups excluding tert-OH is 1. The highest BCUT2D eigenvalue weighted by Gasteiger charge is 2.28. The van der Waals surface area contributed by atoms with Gasteiger partial charge in [0.25, 0.3) is 0 Å². The molecule has 3 atom stereocenters. The fourth-order valence-electron chi connectivity index (χ4n) is 2.32. The van der Waals surface area contributed by atoms with E-state index in [-0.39, 0.29) is 18.7 Å². The maximum Gasteiger partial charge on any atom is 0.0601 e. The topological polar surface area (TPSA) is 49.5 Å². The van der Waals surface area contributed by atoms with Gasteiger partial charge in [0.2, 0.25) is 0 Å². The smallest absolute Gasteiger partial charge is 0.0601 e. The van der Waals surface area contributed by atoms with E-state index < -0.39 is 0 Å². The third kappa shape index (κ3) is 2.94. The molecule has 0 saturated carbocycles. The summed E-state index contributed by atoms with van der Waals surface area (Å²) in [5.41, 5.74) is 6.06. The Balaban J connectivity index is 2.44. The Bertz CT molecular complexity index is 163. The minimum absolute atomic E-state index is 0.135. The van der Waals surface area contributed by atoms with Crippen LogP contribution in [0.15, 0.2) is 0 Å². The molecule has 1 saturated heterocycles. The second kappa shape index (κ2) is 5.69. The summed E-state index contributed by atoms with van der Waals surface area (Å²) in [4.78, 5) is 2.35. The highest BCUT2D eigenvalue weighted by molar-refractivity contribution is 4.85. The molecule has 1 aliphatic heterocycles. The summed E-state index contributed by atoms with van der Waals surface area (Å²) in [7, 11) is 0. The van der Waals surface area contributed by atoms with Crippen molar-refractivity contribution in [3.05, 3.63) is 0 Å². The highest BCUT2D eigenvalue weighted by Crippen LogP contribution is 2.19. The molecule has 1 heterocycles. The van der Waals surface area contributed by atoms with Gasteiger partial charge in [-0.3, -0.25) is 4.90 Å². The van der Waals surface area contributed by atoms with Crippen LogP contribution in [0.25, 0.3) is 0 Å². The van der Waals surface area contributed by atoms with Crippen molar-refractivity contribution in [2.24, 2.45) is 11.7 Å². The maximum atomic E-state index is 9.35. The fourth-order valence-corrected chi connectivity index (χ4v) is 2.32. The van der Waals surface area contributed by atoms with Gasteiger partial charge in [-0.1, -0.05) is 20.3 Å². The first-order valence-electron chi connectivity index (χ1n) is 5.79. The zero-order chi connectivity index (χ0) is 10.6. The number of nitrogens with zero attached hydrogens (tertiary/aromatic N) is 1. The van der Waals surface area contributed by atoms with E-state index in [9.17, 15) is 5.11 Å². The molecule has 3 N–H and O–H groups in total. The summed E-state index contributed by atoms with van der Waals surface area (Å²) in [5.74, 6) is 0.762. The molecule has 3 unspecified atom stereocenters. The van der Waals surface area contributed by atoms with Crippen LogP contribution < -0.4 is 5.73 Å². The Hall–Kier alpha value is -0.120. The van der Waals surface area contributed by atoms with Gasteiger partial charge in [-0.05, 0) is 25.3 Å². The fraction of sp³-hybridized carbons (Fsp3) is 1.00. The normalized spacial score (nSPS) is 27.9. The van der Waals surface area contributed by atoms with Crippen LogP contribution >= 0.6 is 0 Å². The van der Waals surface area contributed by atoms with Crippen molar-refractivity contribution >= 4 is 0 Å². The predicted octanol–water partition coefficient (Wildman–Crippen LogP) is 0.816. The Morgan fingerprint density at radius 2 is 2.29 bits per heavy atom. The van der Waals surface area contributed by atoms with Crippen LogP contribution in [0.2, 0.25) is 0 Å². The molecule has 0 amide bonds. The molecule has 1 fully saturated rings. The average Bonchev–Trinajstić information content (AvgIpc) is 2.54. The second-order valence-corrected chi connectivity index (χ2v) is 4.59. The van der Waals surface area contributed by atoms with Gasteiger partial charge in [-0.2, -0.15) is 0 Å². The van der Waals surface area contributed by atoms with Gasteiger partial charge in [-0.15, -0.1) is 0 Å². The predicted molar refractivity (Wildman–Crippen MR) is 59.1 cm³/mol. The van der Waals surface area contributed by atoms with Gasteiger partial charge < -0.3 is 10.8 Å². The summed E-state index contributed by atoms with van der Waals surface area (Å²) in [6.07, 6.45) is 3.35. The summed E-state index contributed by atoms with van der Waals surface area (Å²) in [5, 5.41) is 9.35. The van der Waals surface area contributed by atoms with Crippen LogP contribution in [-0.2, 0) is 0 Å². The Morgan fingerprint density at radius 1 is 1.57 bits per heavy atom. The Kier molecular flexibility index (Phi) is 4.85. The van der Waals surface area contributed by atoms with E-state index in [0.717, 1.165) is 31.8 Å². The van der Waals surface area contributed by atoms with Gasteiger partial charge in [0.05, 0.1) is 6.61 Å². The molecule has 1 rings (SSSR count). The molecule has 0 aromatic rings. The minimum atomic E-state index is 0.135. The summed E-state index contributed by atoms with van der Waals surface area (Å²) >= 11 is 0. The largest absolute Gasteiger partial charge is 0.395 e. The molecule has 1 aliphatic rings. The van der Waals surface area contributed by atoms with Crippen molar-refractivity contribution < 1.29 is 5.11 Å². The number of hydrogen-bond donors (Lipinski definition) is 2. The quantitative estimate of drug-likeness (QED) is 0.690. The molecule has 0 bridgehead atoms. The first-order valence-corrected chi connectivity index (χ1v) is 5.79. The Morgan fingerprint density at radius 3 is 2.71 bits per heavy atom. The summed E-state index contributed by atoms with van der Waals surface area (Å²) in [6.45, 7) is 6.81. The van der Waals surface area contributed by atoms with Gasteiger partial charge in [-0.25, -0.2) is 0 Å². The molecular formula is C11H24N2O. The first kappa shape index (κ1) is 12.0. The molecule has 0 radical (unpaired) electrons. The van der Waals surface area contributed by atoms with Crippen molar-refractivity contribution in [3.8, 4) is 0 Å². The van der Waals surface area contributed by atoms with Gasteiger partial charge in [0, 0.05) is 18.6 Å². The van der Waals surface area contributed by atoms with Crippen molar-refractivity contribution in [1.82, 2.24) is 4.90 Å². The third-order valence-electron chi connectivity index (χ3n) is 3.23. The SMILES string of the molecule is CCCC(N)C(CO)N1CCC(C)C1. The van der Waals surface area contributed by atoms with E-state index in [1.165, 1.54) is 6.42 Å². The number of rotatable bonds is 5. The lowest BCUT2D eigenvalue weighted by Gasteiger charge is -2.30. The molecule has 0 aliphatic carbocycles. The van der Waals surface area contributed by atoms with E-state index in [4.69, 9.17) is 5.73 Å². The number of nitrogens with two attached hydrogens (primary N) is 1. The van der Waals surface area contributed by atoms with Crippen LogP contribution in [0.4, 0.5) is 0 Å². The number of aliphatic hydroxyl groups is 1. The van der Waals surface area contributed by atoms with E-state index in [1.807, 2.05) is 0 Å². The van der Waals surface area contributed by atoms with Crippen molar-refractivity contribution in [2.75, 3.05) is 19.7 Å². The van der Waals surface area contributed by atoms with Gasteiger partial charge in [0.1, 0.15) is 0 Å².